The van der Waals surface area contributed by atoms with E-state index in [1.807, 2.05) is 60.7 Å². The molecule has 0 saturated heterocycles. The number of halogens is 3. The number of H-pyrrole nitrogens is 2. The lowest BCUT2D eigenvalue weighted by molar-refractivity contribution is 0.0992. The lowest BCUT2D eigenvalue weighted by Crippen LogP contribution is -2.12. The van der Waals surface area contributed by atoms with E-state index in [1.54, 1.807) is 23.4 Å². The number of anilines is 2. The lowest BCUT2D eigenvalue weighted by atomic mass is 10.1. The van der Waals surface area contributed by atoms with Crippen LogP contribution in [0.1, 0.15) is 20.7 Å². The summed E-state index contributed by atoms with van der Waals surface area (Å²) < 4.78 is 2.07. The molecule has 0 fully saturated rings. The largest absolute Gasteiger partial charge is 0.368 e. The highest BCUT2D eigenvalue weighted by molar-refractivity contribution is 14.1. The van der Waals surface area contributed by atoms with Gasteiger partial charge in [0, 0.05) is 12.4 Å². The summed E-state index contributed by atoms with van der Waals surface area (Å²) in [7, 11) is 0. The van der Waals surface area contributed by atoms with E-state index < -0.39 is 11.8 Å². The van der Waals surface area contributed by atoms with Crippen LogP contribution in [0.2, 0.25) is 0 Å². The van der Waals surface area contributed by atoms with Crippen LogP contribution < -0.4 is 22.9 Å². The second-order valence-electron chi connectivity index (χ2n) is 9.79. The maximum Gasteiger partial charge on any atom is 0.251 e. The van der Waals surface area contributed by atoms with Crippen molar-refractivity contribution in [3.63, 3.8) is 0 Å². The first-order valence-corrected chi connectivity index (χ1v) is 17.4. The average molecular weight is 1020 g/mol. The van der Waals surface area contributed by atoms with E-state index in [9.17, 15) is 9.59 Å². The Labute approximate surface area is 340 Å². The molecule has 0 saturated carbocycles. The quantitative estimate of drug-likeness (QED) is 0.0237. The highest BCUT2D eigenvalue weighted by Gasteiger charge is 2.24. The fourth-order valence-corrected chi connectivity index (χ4v) is 6.77. The molecule has 6 aromatic rings. The van der Waals surface area contributed by atoms with Crippen LogP contribution >= 0.6 is 61.1 Å². The Balaban J connectivity index is 0.000000238. The minimum atomic E-state index is -0.506. The van der Waals surface area contributed by atoms with Gasteiger partial charge in [-0.05, 0) is 110 Å². The predicted octanol–water partition coefficient (Wildman–Crippen LogP) is 7.82. The highest BCUT2D eigenvalue weighted by atomic mass is 127. The molecular weight excluding hydrogens is 992 g/mol. The molecule has 0 unspecified atom stereocenters. The fraction of sp³-hybridized carbons (Fsp3) is 0. The molecule has 13 N–H and O–H groups in total. The van der Waals surface area contributed by atoms with E-state index in [1.165, 1.54) is 0 Å². The van der Waals surface area contributed by atoms with Gasteiger partial charge in [-0.3, -0.25) is 9.59 Å². The molecule has 54 heavy (non-hydrogen) atoms. The number of aromatic amines is 2. The number of nitrogens with two attached hydrogens (primary N) is 4. The van der Waals surface area contributed by atoms with Crippen molar-refractivity contribution in [3.8, 4) is 45.3 Å². The van der Waals surface area contributed by atoms with Gasteiger partial charge in [0.25, 0.3) is 11.8 Å². The first-order valence-electron chi connectivity index (χ1n) is 14.4. The summed E-state index contributed by atoms with van der Waals surface area (Å²) in [5, 5.41) is 10.1. The normalized spacial score (nSPS) is 9.98. The number of hydrogen-bond donors (Lipinski definition) is 9. The lowest BCUT2D eigenvalue weighted by Gasteiger charge is -2.03. The van der Waals surface area contributed by atoms with E-state index in [4.69, 9.17) is 45.1 Å². The molecule has 21 nitrogen and oxygen atoms in total. The van der Waals surface area contributed by atoms with Crippen molar-refractivity contribution in [2.45, 2.75) is 0 Å². The third-order valence-electron chi connectivity index (χ3n) is 6.56. The molecular formula is C30H26BrI2N19O2. The number of carbonyl (C=O) groups excluding carboxylic acids is 2. The van der Waals surface area contributed by atoms with E-state index in [2.05, 4.69) is 112 Å². The van der Waals surface area contributed by atoms with Crippen LogP contribution in [0.3, 0.4) is 0 Å². The minimum absolute atomic E-state index is 0.149. The third-order valence-corrected chi connectivity index (χ3v) is 9.29. The van der Waals surface area contributed by atoms with Gasteiger partial charge in [-0.2, -0.15) is 11.1 Å². The van der Waals surface area contributed by atoms with Gasteiger partial charge in [0.2, 0.25) is 11.9 Å². The fourth-order valence-electron chi connectivity index (χ4n) is 4.51. The molecule has 274 valence electrons. The molecule has 0 bridgehead atoms. The van der Waals surface area contributed by atoms with Crippen molar-refractivity contribution in [1.82, 2.24) is 29.9 Å². The smallest absolute Gasteiger partial charge is 0.251 e. The Morgan fingerprint density at radius 2 is 1.19 bits per heavy atom. The van der Waals surface area contributed by atoms with Crippen molar-refractivity contribution >= 4 is 84.8 Å². The summed E-state index contributed by atoms with van der Waals surface area (Å²) in [5.41, 5.74) is 53.0. The van der Waals surface area contributed by atoms with E-state index in [-0.39, 0.29) is 11.9 Å². The number of nitrogen functional groups attached to an aromatic ring is 2. The SMILES string of the molecule is N=N/N=N/N=N.NC(=O)c1c(-c2ccccc2)[nH]c(-c2ccnc(N)n2)c1I.NC(=O)c1c(-c2ccccc2)[nH]c(-c2nc(N)ncc2Br)c1I.[N-]=[N+]=N. The zero-order valence-electron chi connectivity index (χ0n) is 27.2. The van der Waals surface area contributed by atoms with Crippen molar-refractivity contribution < 1.29 is 9.59 Å². The maximum absolute atomic E-state index is 11.9. The average Bonchev–Trinajstić information content (AvgIpc) is 3.70. The van der Waals surface area contributed by atoms with E-state index in [0.29, 0.717) is 56.9 Å². The Morgan fingerprint density at radius 1 is 0.741 bits per heavy atom. The van der Waals surface area contributed by atoms with E-state index >= 15 is 0 Å². The maximum atomic E-state index is 11.9. The molecule has 0 aliphatic rings. The van der Waals surface area contributed by atoms with Gasteiger partial charge in [-0.1, -0.05) is 60.7 Å². The Morgan fingerprint density at radius 3 is 1.63 bits per heavy atom. The molecule has 0 aliphatic carbocycles. The number of benzene rings is 2. The number of nitrogens with zero attached hydrogens (tertiary/aromatic N) is 10. The number of carbonyl (C=O) groups is 2. The number of amides is 2. The van der Waals surface area contributed by atoms with Gasteiger partial charge in [-0.15, -0.1) is 5.53 Å². The van der Waals surface area contributed by atoms with Gasteiger partial charge in [0.05, 0.1) is 51.2 Å². The van der Waals surface area contributed by atoms with E-state index in [0.717, 1.165) is 11.1 Å². The standard InChI is InChI=1S/C15H11BrIN5O.C15H12IN5O.H2N6.HN3/c16-8-6-20-15(19)22-12(8)13-10(17)9(14(18)23)11(21-13)7-4-2-1-3-5-7;16-11-10(14(17)22)12(8-4-2-1-3-5-8)21-13(11)9-6-7-19-15(18)20-9;1-3-5-6-4-2;1-3-2/h1-6,21H,(H2,18,23)(H2,19,20,22);1-7,21H,(H2,17,22)(H2,18,19,20);1-2H;1H/b;;3-1?,4-2?,6-5+;. The number of aromatic nitrogens is 6. The highest BCUT2D eigenvalue weighted by Crippen LogP contribution is 2.37. The van der Waals surface area contributed by atoms with Crippen LogP contribution in [0.5, 0.6) is 0 Å². The predicted molar refractivity (Wildman–Crippen MR) is 218 cm³/mol. The molecule has 2 aromatic carbocycles. The van der Waals surface area contributed by atoms with Gasteiger partial charge in [0.1, 0.15) is 5.69 Å². The van der Waals surface area contributed by atoms with Crippen molar-refractivity contribution in [2.24, 2.45) is 32.4 Å². The van der Waals surface area contributed by atoms with Crippen molar-refractivity contribution in [1.29, 1.82) is 16.6 Å². The Hall–Kier alpha value is -6.25. The van der Waals surface area contributed by atoms with Crippen LogP contribution in [-0.4, -0.2) is 41.7 Å². The molecule has 0 spiro atoms. The summed E-state index contributed by atoms with van der Waals surface area (Å²) in [5.74, 6) is -0.679. The van der Waals surface area contributed by atoms with Crippen LogP contribution in [0.25, 0.3) is 55.7 Å². The molecule has 2 amide bonds. The van der Waals surface area contributed by atoms with Crippen LogP contribution in [0.15, 0.2) is 104 Å². The molecule has 24 heteroatoms. The van der Waals surface area contributed by atoms with Crippen molar-refractivity contribution in [2.75, 3.05) is 11.5 Å². The van der Waals surface area contributed by atoms with Crippen molar-refractivity contribution in [3.05, 3.63) is 112 Å². The summed E-state index contributed by atoms with van der Waals surface area (Å²) in [4.78, 5) is 48.3. The molecule has 4 heterocycles. The van der Waals surface area contributed by atoms with Crippen LogP contribution in [0.4, 0.5) is 11.9 Å². The number of primary amides is 2. The minimum Gasteiger partial charge on any atom is -0.368 e. The summed E-state index contributed by atoms with van der Waals surface area (Å²) in [6.45, 7) is 0. The summed E-state index contributed by atoms with van der Waals surface area (Å²) in [6.07, 6.45) is 3.14. The van der Waals surface area contributed by atoms with Crippen LogP contribution in [-0.2, 0) is 0 Å². The Kier molecular flexibility index (Phi) is 16.2. The molecule has 4 aromatic heterocycles. The first-order chi connectivity index (χ1) is 25.9. The number of hydrogen-bond acceptors (Lipinski definition) is 11. The van der Waals surface area contributed by atoms with Crippen LogP contribution in [0, 0.1) is 23.7 Å². The number of nitrogens with one attached hydrogen (secondary N) is 5. The van der Waals surface area contributed by atoms with Gasteiger partial charge in [-0.25, -0.2) is 19.9 Å². The van der Waals surface area contributed by atoms with Gasteiger partial charge in [0.15, 0.2) is 0 Å². The zero-order chi connectivity index (χ0) is 39.8. The molecule has 0 aliphatic heterocycles. The second-order valence-corrected chi connectivity index (χ2v) is 12.8. The summed E-state index contributed by atoms with van der Waals surface area (Å²) >= 11 is 7.58. The first kappa shape index (κ1) is 42.2. The Bertz CT molecular complexity index is 2320. The molecule has 0 radical (unpaired) electrons. The topological polar surface area (TPSA) is 379 Å². The zero-order valence-corrected chi connectivity index (χ0v) is 33.1. The van der Waals surface area contributed by atoms with Gasteiger partial charge < -0.3 is 32.9 Å². The number of rotatable bonds is 8. The second kappa shape index (κ2) is 20.7. The monoisotopic (exact) mass is 1020 g/mol. The molecule has 6 rings (SSSR count). The third kappa shape index (κ3) is 10.9. The summed E-state index contributed by atoms with van der Waals surface area (Å²) in [6, 6.07) is 20.8. The van der Waals surface area contributed by atoms with Gasteiger partial charge >= 0.3 is 0 Å². The molecule has 0 atom stereocenters.